The van der Waals surface area contributed by atoms with E-state index in [1.165, 1.54) is 4.90 Å². The van der Waals surface area contributed by atoms with Crippen LogP contribution in [0.5, 0.6) is 5.75 Å². The Balaban J connectivity index is 1.62. The highest BCUT2D eigenvalue weighted by atomic mass is 32.1. The van der Waals surface area contributed by atoms with E-state index in [0.717, 1.165) is 21.8 Å². The summed E-state index contributed by atoms with van der Waals surface area (Å²) in [6.07, 6.45) is 0.429. The first-order chi connectivity index (χ1) is 14.6. The maximum atomic E-state index is 12.9. The fourth-order valence-corrected chi connectivity index (χ4v) is 4.07. The van der Waals surface area contributed by atoms with E-state index in [0.29, 0.717) is 17.9 Å². The number of benzene rings is 2. The third kappa shape index (κ3) is 4.07. The first-order valence-electron chi connectivity index (χ1n) is 9.78. The molecule has 1 amide bonds. The molecule has 154 valence electrons. The van der Waals surface area contributed by atoms with Gasteiger partial charge in [-0.05, 0) is 37.1 Å². The lowest BCUT2D eigenvalue weighted by Crippen LogP contribution is -2.49. The topological polar surface area (TPSA) is 68.7 Å². The standard InChI is InChI=1S/C23H22N2O4S/c1-3-19(23(27)29-12-16-7-5-4-6-8-16)25-20-11-17(18-14-30-15(2)24-18)9-10-21(20)28-13-22(25)26/h4-11,14,19H,3,12-13H2,1-2H3. The average Bonchev–Trinajstić information content (AvgIpc) is 3.21. The van der Waals surface area contributed by atoms with Crippen LogP contribution in [-0.4, -0.2) is 29.5 Å². The van der Waals surface area contributed by atoms with Crippen molar-refractivity contribution in [1.82, 2.24) is 4.98 Å². The molecule has 1 aliphatic heterocycles. The fourth-order valence-electron chi connectivity index (χ4n) is 3.45. The SMILES string of the molecule is CCC(C(=O)OCc1ccccc1)N1C(=O)COc2ccc(-c3csc(C)n3)cc21. The lowest BCUT2D eigenvalue weighted by Gasteiger charge is -2.34. The van der Waals surface area contributed by atoms with Crippen LogP contribution in [0.1, 0.15) is 23.9 Å². The number of amides is 1. The van der Waals surface area contributed by atoms with E-state index in [-0.39, 0.29) is 19.1 Å². The van der Waals surface area contributed by atoms with Gasteiger partial charge in [0.1, 0.15) is 18.4 Å². The Labute approximate surface area is 179 Å². The van der Waals surface area contributed by atoms with Crippen LogP contribution in [0.2, 0.25) is 0 Å². The van der Waals surface area contributed by atoms with E-state index in [1.807, 2.05) is 67.8 Å². The molecule has 0 fully saturated rings. The Morgan fingerprint density at radius 2 is 2.07 bits per heavy atom. The second kappa shape index (κ2) is 8.67. The van der Waals surface area contributed by atoms with Crippen LogP contribution in [0.4, 0.5) is 5.69 Å². The van der Waals surface area contributed by atoms with Crippen LogP contribution in [0.3, 0.4) is 0 Å². The number of hydrogen-bond donors (Lipinski definition) is 0. The average molecular weight is 423 g/mol. The second-order valence-corrected chi connectivity index (χ2v) is 8.07. The third-order valence-electron chi connectivity index (χ3n) is 4.95. The van der Waals surface area contributed by atoms with E-state index in [9.17, 15) is 9.59 Å². The zero-order chi connectivity index (χ0) is 21.1. The predicted octanol–water partition coefficient (Wildman–Crippen LogP) is 4.37. The summed E-state index contributed by atoms with van der Waals surface area (Å²) in [5.74, 6) is -0.130. The molecular weight excluding hydrogens is 400 g/mol. The highest BCUT2D eigenvalue weighted by molar-refractivity contribution is 7.09. The summed E-state index contributed by atoms with van der Waals surface area (Å²) in [7, 11) is 0. The molecule has 6 nitrogen and oxygen atoms in total. The number of fused-ring (bicyclic) bond motifs is 1. The van der Waals surface area contributed by atoms with E-state index in [2.05, 4.69) is 4.98 Å². The summed E-state index contributed by atoms with van der Waals surface area (Å²) < 4.78 is 11.1. The molecule has 0 saturated heterocycles. The quantitative estimate of drug-likeness (QED) is 0.552. The summed E-state index contributed by atoms with van der Waals surface area (Å²) in [5, 5.41) is 2.93. The summed E-state index contributed by atoms with van der Waals surface area (Å²) in [6.45, 7) is 3.87. The monoisotopic (exact) mass is 422 g/mol. The Hall–Kier alpha value is -3.19. The molecule has 0 N–H and O–H groups in total. The van der Waals surface area contributed by atoms with Gasteiger partial charge in [0, 0.05) is 10.9 Å². The number of hydrogen-bond acceptors (Lipinski definition) is 6. The normalized spacial score (nSPS) is 14.1. The summed E-state index contributed by atoms with van der Waals surface area (Å²) in [4.78, 5) is 31.7. The molecule has 0 saturated carbocycles. The molecule has 1 unspecified atom stereocenters. The molecule has 30 heavy (non-hydrogen) atoms. The molecular formula is C23H22N2O4S. The fraction of sp³-hybridized carbons (Fsp3) is 0.261. The van der Waals surface area contributed by atoms with Crippen molar-refractivity contribution < 1.29 is 19.1 Å². The number of carbonyl (C=O) groups excluding carboxylic acids is 2. The number of thiazole rings is 1. The van der Waals surface area contributed by atoms with Crippen molar-refractivity contribution in [3.8, 4) is 17.0 Å². The maximum Gasteiger partial charge on any atom is 0.329 e. The van der Waals surface area contributed by atoms with Gasteiger partial charge in [-0.25, -0.2) is 9.78 Å². The summed E-state index contributed by atoms with van der Waals surface area (Å²) >= 11 is 1.56. The number of anilines is 1. The number of aromatic nitrogens is 1. The van der Waals surface area contributed by atoms with Crippen LogP contribution in [0, 0.1) is 6.92 Å². The first-order valence-corrected chi connectivity index (χ1v) is 10.7. The van der Waals surface area contributed by atoms with Crippen molar-refractivity contribution in [3.63, 3.8) is 0 Å². The Morgan fingerprint density at radius 3 is 2.77 bits per heavy atom. The number of carbonyl (C=O) groups is 2. The van der Waals surface area contributed by atoms with Gasteiger partial charge in [0.05, 0.1) is 16.4 Å². The zero-order valence-corrected chi connectivity index (χ0v) is 17.6. The summed E-state index contributed by atoms with van der Waals surface area (Å²) in [5.41, 5.74) is 3.17. The largest absolute Gasteiger partial charge is 0.482 e. The van der Waals surface area contributed by atoms with E-state index in [4.69, 9.17) is 9.47 Å². The van der Waals surface area contributed by atoms with Crippen LogP contribution in [0.15, 0.2) is 53.9 Å². The molecule has 1 aromatic heterocycles. The van der Waals surface area contributed by atoms with Crippen molar-refractivity contribution in [2.45, 2.75) is 32.9 Å². The Kier molecular flexibility index (Phi) is 5.81. The number of aryl methyl sites for hydroxylation is 1. The molecule has 0 spiro atoms. The Morgan fingerprint density at radius 1 is 1.27 bits per heavy atom. The maximum absolute atomic E-state index is 12.9. The number of ether oxygens (including phenoxy) is 2. The molecule has 3 aromatic rings. The molecule has 7 heteroatoms. The molecule has 1 atom stereocenters. The number of rotatable bonds is 6. The van der Waals surface area contributed by atoms with Gasteiger partial charge in [-0.15, -0.1) is 11.3 Å². The lowest BCUT2D eigenvalue weighted by atomic mass is 10.1. The van der Waals surface area contributed by atoms with Gasteiger partial charge in [0.25, 0.3) is 5.91 Å². The highest BCUT2D eigenvalue weighted by Crippen LogP contribution is 2.38. The van der Waals surface area contributed by atoms with E-state index >= 15 is 0 Å². The predicted molar refractivity (Wildman–Crippen MR) is 116 cm³/mol. The van der Waals surface area contributed by atoms with Gasteiger partial charge in [-0.2, -0.15) is 0 Å². The lowest BCUT2D eigenvalue weighted by molar-refractivity contribution is -0.148. The minimum Gasteiger partial charge on any atom is -0.482 e. The molecule has 1 aliphatic rings. The van der Waals surface area contributed by atoms with E-state index < -0.39 is 12.0 Å². The number of nitrogens with zero attached hydrogens (tertiary/aromatic N) is 2. The van der Waals surface area contributed by atoms with Crippen LogP contribution < -0.4 is 9.64 Å². The first kappa shape index (κ1) is 20.1. The van der Waals surface area contributed by atoms with E-state index in [1.54, 1.807) is 11.3 Å². The van der Waals surface area contributed by atoms with Crippen LogP contribution in [-0.2, 0) is 20.9 Å². The van der Waals surface area contributed by atoms with Crippen molar-refractivity contribution >= 4 is 28.9 Å². The van der Waals surface area contributed by atoms with Gasteiger partial charge in [-0.1, -0.05) is 37.3 Å². The van der Waals surface area contributed by atoms with Crippen molar-refractivity contribution in [3.05, 3.63) is 64.5 Å². The summed E-state index contributed by atoms with van der Waals surface area (Å²) in [6, 6.07) is 14.3. The minimum atomic E-state index is -0.726. The van der Waals surface area contributed by atoms with Gasteiger partial charge < -0.3 is 9.47 Å². The van der Waals surface area contributed by atoms with Gasteiger partial charge in [-0.3, -0.25) is 9.69 Å². The van der Waals surface area contributed by atoms with Gasteiger partial charge in [0.2, 0.25) is 0 Å². The van der Waals surface area contributed by atoms with Crippen LogP contribution in [0.25, 0.3) is 11.3 Å². The van der Waals surface area contributed by atoms with Gasteiger partial charge >= 0.3 is 5.97 Å². The third-order valence-corrected chi connectivity index (χ3v) is 5.72. The minimum absolute atomic E-state index is 0.107. The highest BCUT2D eigenvalue weighted by Gasteiger charge is 2.36. The molecule has 4 rings (SSSR count). The molecule has 2 heterocycles. The molecule has 0 aliphatic carbocycles. The van der Waals surface area contributed by atoms with Gasteiger partial charge in [0.15, 0.2) is 6.61 Å². The Bertz CT molecular complexity index is 1060. The van der Waals surface area contributed by atoms with Crippen molar-refractivity contribution in [1.29, 1.82) is 0 Å². The molecule has 0 bridgehead atoms. The zero-order valence-electron chi connectivity index (χ0n) is 16.8. The van der Waals surface area contributed by atoms with Crippen molar-refractivity contribution in [2.75, 3.05) is 11.5 Å². The van der Waals surface area contributed by atoms with Crippen LogP contribution >= 0.6 is 11.3 Å². The smallest absolute Gasteiger partial charge is 0.329 e. The molecule has 2 aromatic carbocycles. The molecule has 0 radical (unpaired) electrons. The number of esters is 1. The second-order valence-electron chi connectivity index (χ2n) is 7.00. The van der Waals surface area contributed by atoms with Crippen molar-refractivity contribution in [2.24, 2.45) is 0 Å².